The van der Waals surface area contributed by atoms with Gasteiger partial charge in [0.25, 0.3) is 5.91 Å². The second-order valence-corrected chi connectivity index (χ2v) is 8.92. The third-order valence-electron chi connectivity index (χ3n) is 6.17. The molecule has 0 spiro atoms. The van der Waals surface area contributed by atoms with E-state index in [2.05, 4.69) is 39.7 Å². The van der Waals surface area contributed by atoms with E-state index >= 15 is 0 Å². The number of nitrogens with zero attached hydrogens (tertiary/aromatic N) is 3. The van der Waals surface area contributed by atoms with E-state index in [1.165, 1.54) is 0 Å². The number of likely N-dealkylation sites (N-methyl/N-ethyl adjacent to an activating group) is 1. The third kappa shape index (κ3) is 4.86. The maximum Gasteiger partial charge on any atom is 0.274 e. The van der Waals surface area contributed by atoms with Gasteiger partial charge in [-0.2, -0.15) is 0 Å². The van der Waals surface area contributed by atoms with Gasteiger partial charge in [0.15, 0.2) is 0 Å². The number of carbonyl (C=O) groups is 1. The predicted molar refractivity (Wildman–Crippen MR) is 138 cm³/mol. The molecule has 35 heavy (non-hydrogen) atoms. The Balaban J connectivity index is 1.56. The summed E-state index contributed by atoms with van der Waals surface area (Å²) in [4.78, 5) is 24.5. The molecule has 0 radical (unpaired) electrons. The maximum atomic E-state index is 11.6. The number of piperazine rings is 1. The van der Waals surface area contributed by atoms with Crippen LogP contribution in [0.25, 0.3) is 22.4 Å². The minimum Gasteiger partial charge on any atom is -0.368 e. The van der Waals surface area contributed by atoms with E-state index in [0.29, 0.717) is 16.4 Å². The van der Waals surface area contributed by atoms with Gasteiger partial charge < -0.3 is 14.8 Å². The van der Waals surface area contributed by atoms with E-state index in [1.54, 1.807) is 29.7 Å². The highest BCUT2D eigenvalue weighted by Crippen LogP contribution is 2.29. The first-order chi connectivity index (χ1) is 17.0. The molecule has 1 amide bonds. The Kier molecular flexibility index (Phi) is 6.43. The van der Waals surface area contributed by atoms with Crippen molar-refractivity contribution in [2.45, 2.75) is 0 Å². The van der Waals surface area contributed by atoms with Crippen LogP contribution in [-0.2, 0) is 0 Å². The lowest BCUT2D eigenvalue weighted by molar-refractivity contribution is 0.0706. The van der Waals surface area contributed by atoms with Crippen molar-refractivity contribution in [1.82, 2.24) is 20.3 Å². The van der Waals surface area contributed by atoms with Crippen LogP contribution in [-0.4, -0.2) is 59.2 Å². The van der Waals surface area contributed by atoms with Crippen molar-refractivity contribution in [1.29, 1.82) is 0 Å². The first-order valence-corrected chi connectivity index (χ1v) is 11.7. The van der Waals surface area contributed by atoms with Crippen LogP contribution in [0.5, 0.6) is 0 Å². The molecule has 0 atom stereocenters. The van der Waals surface area contributed by atoms with Crippen LogP contribution in [0.4, 0.5) is 5.69 Å². The number of carbonyl (C=O) groups excluding carboxylic acids is 1. The number of hydrogen-bond acceptors (Lipinski definition) is 5. The lowest BCUT2D eigenvalue weighted by atomic mass is 10.1. The van der Waals surface area contributed by atoms with Crippen LogP contribution < -0.4 is 10.4 Å². The van der Waals surface area contributed by atoms with Gasteiger partial charge in [0.2, 0.25) is 0 Å². The number of amides is 1. The number of aromatic nitrogens is 2. The molecular weight excluding hydrogens is 462 g/mol. The average molecular weight is 486 g/mol. The van der Waals surface area contributed by atoms with Crippen molar-refractivity contribution in [2.24, 2.45) is 0 Å². The fourth-order valence-electron chi connectivity index (χ4n) is 4.13. The molecular formula is C27H24ClN5O2. The first-order valence-electron chi connectivity index (χ1n) is 11.3. The Labute approximate surface area is 208 Å². The van der Waals surface area contributed by atoms with Gasteiger partial charge in [0.1, 0.15) is 5.82 Å². The number of nitrogens with one attached hydrogen (secondary N) is 2. The molecule has 7 nitrogen and oxygen atoms in total. The molecule has 8 heteroatoms. The van der Waals surface area contributed by atoms with E-state index in [1.807, 2.05) is 30.3 Å². The summed E-state index contributed by atoms with van der Waals surface area (Å²) in [7, 11) is 2.13. The van der Waals surface area contributed by atoms with Crippen LogP contribution in [0, 0.1) is 11.8 Å². The van der Waals surface area contributed by atoms with Crippen LogP contribution in [0.1, 0.15) is 21.5 Å². The number of rotatable bonds is 3. The van der Waals surface area contributed by atoms with Gasteiger partial charge in [-0.15, -0.1) is 0 Å². The van der Waals surface area contributed by atoms with Gasteiger partial charge in [-0.25, -0.2) is 10.5 Å². The van der Waals surface area contributed by atoms with Crippen molar-refractivity contribution in [3.05, 3.63) is 82.4 Å². The van der Waals surface area contributed by atoms with Crippen molar-refractivity contribution in [2.75, 3.05) is 38.1 Å². The normalized spacial score (nSPS) is 14.0. The molecule has 1 aliphatic heterocycles. The molecule has 0 bridgehead atoms. The largest absolute Gasteiger partial charge is 0.368 e. The molecule has 176 valence electrons. The Morgan fingerprint density at radius 3 is 2.46 bits per heavy atom. The summed E-state index contributed by atoms with van der Waals surface area (Å²) in [6.07, 6.45) is 0. The molecule has 5 rings (SSSR count). The molecule has 1 fully saturated rings. The van der Waals surface area contributed by atoms with E-state index in [4.69, 9.17) is 21.8 Å². The summed E-state index contributed by atoms with van der Waals surface area (Å²) in [6, 6.07) is 18.6. The fourth-order valence-corrected chi connectivity index (χ4v) is 4.32. The Morgan fingerprint density at radius 1 is 1.03 bits per heavy atom. The highest BCUT2D eigenvalue weighted by Gasteiger charge is 2.19. The van der Waals surface area contributed by atoms with Crippen LogP contribution in [0.3, 0.4) is 0 Å². The molecule has 0 unspecified atom stereocenters. The summed E-state index contributed by atoms with van der Waals surface area (Å²) in [6.45, 7) is 3.78. The van der Waals surface area contributed by atoms with Gasteiger partial charge in [0, 0.05) is 42.9 Å². The lowest BCUT2D eigenvalue weighted by Crippen LogP contribution is -2.44. The van der Waals surface area contributed by atoms with Gasteiger partial charge in [-0.3, -0.25) is 10.0 Å². The van der Waals surface area contributed by atoms with E-state index in [0.717, 1.165) is 59.6 Å². The number of H-pyrrole nitrogens is 1. The fraction of sp³-hybridized carbons (Fsp3) is 0.185. The van der Waals surface area contributed by atoms with Gasteiger partial charge in [-0.1, -0.05) is 47.7 Å². The second-order valence-electron chi connectivity index (χ2n) is 8.51. The zero-order valence-electron chi connectivity index (χ0n) is 19.2. The number of hydrogen-bond donors (Lipinski definition) is 3. The Bertz CT molecular complexity index is 1440. The Morgan fingerprint density at radius 2 is 1.74 bits per heavy atom. The number of anilines is 1. The topological polar surface area (TPSA) is 84.5 Å². The predicted octanol–water partition coefficient (Wildman–Crippen LogP) is 4.15. The molecule has 2 heterocycles. The summed E-state index contributed by atoms with van der Waals surface area (Å²) < 4.78 is 0. The summed E-state index contributed by atoms with van der Waals surface area (Å²) >= 11 is 6.33. The van der Waals surface area contributed by atoms with Crippen LogP contribution in [0.2, 0.25) is 5.02 Å². The second kappa shape index (κ2) is 9.80. The van der Waals surface area contributed by atoms with Crippen LogP contribution >= 0.6 is 11.6 Å². The minimum atomic E-state index is -0.556. The molecule has 0 aliphatic carbocycles. The van der Waals surface area contributed by atoms with Crippen molar-refractivity contribution < 1.29 is 10.0 Å². The lowest BCUT2D eigenvalue weighted by Gasteiger charge is -2.34. The van der Waals surface area contributed by atoms with Gasteiger partial charge in [-0.05, 0) is 43.4 Å². The smallest absolute Gasteiger partial charge is 0.274 e. The van der Waals surface area contributed by atoms with Crippen molar-refractivity contribution in [3.8, 4) is 23.2 Å². The average Bonchev–Trinajstić information content (AvgIpc) is 3.31. The van der Waals surface area contributed by atoms with Crippen LogP contribution in [0.15, 0.2) is 60.7 Å². The molecule has 3 N–H and O–H groups in total. The van der Waals surface area contributed by atoms with Crippen molar-refractivity contribution in [3.63, 3.8) is 0 Å². The highest BCUT2D eigenvalue weighted by atomic mass is 35.5. The number of imidazole rings is 1. The SMILES string of the molecule is CN1CCN(c2cc3nc(-c4ccc(C(=O)NO)cc4)[nH]c3cc2C#Cc2ccccc2Cl)CC1. The van der Waals surface area contributed by atoms with Gasteiger partial charge in [0.05, 0.1) is 27.3 Å². The number of benzene rings is 3. The minimum absolute atomic E-state index is 0.363. The highest BCUT2D eigenvalue weighted by molar-refractivity contribution is 6.31. The molecule has 0 saturated carbocycles. The molecule has 4 aromatic rings. The zero-order valence-corrected chi connectivity index (χ0v) is 19.9. The quantitative estimate of drug-likeness (QED) is 0.230. The number of hydroxylamine groups is 1. The monoisotopic (exact) mass is 485 g/mol. The first kappa shape index (κ1) is 22.9. The third-order valence-corrected chi connectivity index (χ3v) is 6.50. The number of aromatic amines is 1. The van der Waals surface area contributed by atoms with Gasteiger partial charge >= 0.3 is 0 Å². The van der Waals surface area contributed by atoms with E-state index in [9.17, 15) is 4.79 Å². The summed E-state index contributed by atoms with van der Waals surface area (Å²) in [5.74, 6) is 6.71. The summed E-state index contributed by atoms with van der Waals surface area (Å²) in [5, 5.41) is 9.46. The molecule has 1 aromatic heterocycles. The maximum absolute atomic E-state index is 11.6. The Hall–Kier alpha value is -3.83. The number of fused-ring (bicyclic) bond motifs is 1. The zero-order chi connectivity index (χ0) is 24.4. The van der Waals surface area contributed by atoms with Crippen molar-refractivity contribution >= 4 is 34.2 Å². The van der Waals surface area contributed by atoms with E-state index < -0.39 is 5.91 Å². The number of halogens is 1. The summed E-state index contributed by atoms with van der Waals surface area (Å²) in [5.41, 5.74) is 7.31. The molecule has 3 aromatic carbocycles. The standard InChI is InChI=1S/C27H24ClN5O2/c1-32-12-14-33(15-13-32)25-17-24-23(16-21(25)11-6-18-4-2-3-5-22(18)28)29-26(30-24)19-7-9-20(10-8-19)27(34)31-35/h2-5,7-10,16-17,35H,12-15H2,1H3,(H,29,30)(H,31,34). The molecule has 1 aliphatic rings. The van der Waals surface area contributed by atoms with E-state index in [-0.39, 0.29) is 0 Å². The molecule has 1 saturated heterocycles.